The van der Waals surface area contributed by atoms with Gasteiger partial charge in [-0.2, -0.15) is 0 Å². The van der Waals surface area contributed by atoms with E-state index in [1.807, 2.05) is 20.8 Å². The Hall–Kier alpha value is -3.83. The number of nitrogens with zero attached hydrogens (tertiary/aromatic N) is 2. The van der Waals surface area contributed by atoms with E-state index in [-0.39, 0.29) is 35.2 Å². The van der Waals surface area contributed by atoms with Gasteiger partial charge in [0.1, 0.15) is 18.4 Å². The van der Waals surface area contributed by atoms with Gasteiger partial charge in [-0.3, -0.25) is 13.9 Å². The number of sulfonamides is 1. The average Bonchev–Trinajstić information content (AvgIpc) is 2.95. The van der Waals surface area contributed by atoms with Crippen LogP contribution >= 0.6 is 11.6 Å². The Kier molecular flexibility index (Phi) is 11.0. The van der Waals surface area contributed by atoms with Gasteiger partial charge in [-0.1, -0.05) is 30.7 Å². The van der Waals surface area contributed by atoms with Crippen LogP contribution in [0.2, 0.25) is 5.02 Å². The molecule has 0 aliphatic carbocycles. The lowest BCUT2D eigenvalue weighted by Crippen LogP contribution is -2.55. The van der Waals surface area contributed by atoms with E-state index in [9.17, 15) is 22.4 Å². The van der Waals surface area contributed by atoms with Crippen LogP contribution in [-0.2, 0) is 26.2 Å². The molecule has 0 aliphatic rings. The number of carbonyl (C=O) groups is 2. The van der Waals surface area contributed by atoms with Gasteiger partial charge in [0.15, 0.2) is 11.5 Å². The molecule has 232 valence electrons. The third-order valence-corrected chi connectivity index (χ3v) is 8.51. The minimum absolute atomic E-state index is 0.0136. The molecule has 9 nitrogen and oxygen atoms in total. The summed E-state index contributed by atoms with van der Waals surface area (Å²) in [5.41, 5.74) is 0.176. The number of ether oxygens (including phenoxy) is 2. The summed E-state index contributed by atoms with van der Waals surface area (Å²) in [6, 6.07) is 14.7. The zero-order valence-electron chi connectivity index (χ0n) is 25.1. The Bertz CT molecular complexity index is 1530. The molecule has 0 radical (unpaired) electrons. The highest BCUT2D eigenvalue weighted by Crippen LogP contribution is 2.32. The van der Waals surface area contributed by atoms with E-state index in [2.05, 4.69) is 5.32 Å². The van der Waals surface area contributed by atoms with Crippen molar-refractivity contribution in [1.29, 1.82) is 0 Å². The molecule has 2 amide bonds. The van der Waals surface area contributed by atoms with Crippen molar-refractivity contribution >= 4 is 39.1 Å². The largest absolute Gasteiger partial charge is 0.493 e. The van der Waals surface area contributed by atoms with E-state index >= 15 is 0 Å². The number of anilines is 1. The van der Waals surface area contributed by atoms with Crippen molar-refractivity contribution in [3.8, 4) is 11.5 Å². The van der Waals surface area contributed by atoms with Gasteiger partial charge >= 0.3 is 0 Å². The number of hydrogen-bond donors (Lipinski definition) is 1. The van der Waals surface area contributed by atoms with E-state index in [0.29, 0.717) is 16.3 Å². The molecule has 1 atom stereocenters. The van der Waals surface area contributed by atoms with E-state index in [1.165, 1.54) is 49.5 Å². The highest BCUT2D eigenvalue weighted by molar-refractivity contribution is 7.92. The molecule has 0 heterocycles. The normalized spacial score (nSPS) is 12.3. The van der Waals surface area contributed by atoms with Crippen molar-refractivity contribution in [1.82, 2.24) is 10.2 Å². The summed E-state index contributed by atoms with van der Waals surface area (Å²) in [5.74, 6) is -1.11. The van der Waals surface area contributed by atoms with E-state index in [4.69, 9.17) is 21.1 Å². The first-order chi connectivity index (χ1) is 20.2. The SMILES string of the molecule is CC[C@@H](C(=O)NC(C)(C)C)N(Cc1ccc(Cl)cc1)C(=O)CN(c1ccc(F)cc1)S(=O)(=O)c1ccc(OC)c(OC)c1. The first kappa shape index (κ1) is 33.7. The molecule has 3 rings (SSSR count). The van der Waals surface area contributed by atoms with Gasteiger partial charge in [0.25, 0.3) is 10.0 Å². The Labute approximate surface area is 257 Å². The van der Waals surface area contributed by atoms with Gasteiger partial charge in [-0.25, -0.2) is 12.8 Å². The molecule has 0 saturated heterocycles. The fourth-order valence-corrected chi connectivity index (χ4v) is 5.96. The standard InChI is InChI=1S/C31H37ClFN3O6S/c1-7-26(30(38)34-31(2,3)4)35(19-21-8-10-22(32)11-9-21)29(37)20-36(24-14-12-23(33)13-15-24)43(39,40)25-16-17-27(41-5)28(18-25)42-6/h8-18,26H,7,19-20H2,1-6H3,(H,34,38)/t26-/m0/s1. The molecule has 1 N–H and O–H groups in total. The van der Waals surface area contributed by atoms with Crippen LogP contribution in [0.1, 0.15) is 39.7 Å². The fraction of sp³-hybridized carbons (Fsp3) is 0.355. The van der Waals surface area contributed by atoms with Crippen molar-refractivity contribution in [2.45, 2.75) is 57.1 Å². The summed E-state index contributed by atoms with van der Waals surface area (Å²) < 4.78 is 53.4. The second-order valence-electron chi connectivity index (χ2n) is 10.8. The smallest absolute Gasteiger partial charge is 0.264 e. The van der Waals surface area contributed by atoms with Crippen LogP contribution in [0.25, 0.3) is 0 Å². The second-order valence-corrected chi connectivity index (χ2v) is 13.1. The van der Waals surface area contributed by atoms with Crippen LogP contribution in [0, 0.1) is 5.82 Å². The number of rotatable bonds is 12. The third-order valence-electron chi connectivity index (χ3n) is 6.49. The Morgan fingerprint density at radius 3 is 2.09 bits per heavy atom. The van der Waals surface area contributed by atoms with Crippen LogP contribution in [0.5, 0.6) is 11.5 Å². The van der Waals surface area contributed by atoms with Crippen LogP contribution in [0.4, 0.5) is 10.1 Å². The van der Waals surface area contributed by atoms with Crippen LogP contribution < -0.4 is 19.1 Å². The van der Waals surface area contributed by atoms with Gasteiger partial charge in [-0.15, -0.1) is 0 Å². The van der Waals surface area contributed by atoms with Crippen molar-refractivity contribution in [2.24, 2.45) is 0 Å². The maximum atomic E-state index is 14.1. The average molecular weight is 634 g/mol. The molecule has 0 unspecified atom stereocenters. The quantitative estimate of drug-likeness (QED) is 0.286. The van der Waals surface area contributed by atoms with Crippen molar-refractivity contribution in [3.05, 3.63) is 83.1 Å². The highest BCUT2D eigenvalue weighted by Gasteiger charge is 2.35. The van der Waals surface area contributed by atoms with Crippen molar-refractivity contribution < 1.29 is 31.9 Å². The van der Waals surface area contributed by atoms with Crippen LogP contribution in [0.15, 0.2) is 71.6 Å². The maximum Gasteiger partial charge on any atom is 0.264 e. The molecule has 3 aromatic rings. The first-order valence-corrected chi connectivity index (χ1v) is 15.4. The Balaban J connectivity index is 2.10. The van der Waals surface area contributed by atoms with Gasteiger partial charge in [0.05, 0.1) is 24.8 Å². The van der Waals surface area contributed by atoms with Gasteiger partial charge in [-0.05, 0) is 81.3 Å². The summed E-state index contributed by atoms with van der Waals surface area (Å²) in [7, 11) is -1.61. The van der Waals surface area contributed by atoms with Gasteiger partial charge < -0.3 is 19.7 Å². The summed E-state index contributed by atoms with van der Waals surface area (Å²) in [4.78, 5) is 28.7. The summed E-state index contributed by atoms with van der Waals surface area (Å²) in [6.45, 7) is 6.60. The molecular weight excluding hydrogens is 597 g/mol. The lowest BCUT2D eigenvalue weighted by molar-refractivity contribution is -0.141. The molecule has 0 bridgehead atoms. The first-order valence-electron chi connectivity index (χ1n) is 13.6. The maximum absolute atomic E-state index is 14.1. The van der Waals surface area contributed by atoms with E-state index in [0.717, 1.165) is 16.4 Å². The van der Waals surface area contributed by atoms with E-state index in [1.54, 1.807) is 31.2 Å². The zero-order chi connectivity index (χ0) is 31.9. The van der Waals surface area contributed by atoms with Gasteiger partial charge in [0.2, 0.25) is 11.8 Å². The number of carbonyl (C=O) groups excluding carboxylic acids is 2. The van der Waals surface area contributed by atoms with Crippen molar-refractivity contribution in [3.63, 3.8) is 0 Å². The predicted octanol–water partition coefficient (Wildman–Crippen LogP) is 5.41. The zero-order valence-corrected chi connectivity index (χ0v) is 26.6. The number of benzene rings is 3. The Morgan fingerprint density at radius 1 is 0.953 bits per heavy atom. The molecule has 0 spiro atoms. The summed E-state index contributed by atoms with van der Waals surface area (Å²) in [5, 5.41) is 3.42. The fourth-order valence-electron chi connectivity index (χ4n) is 4.40. The molecule has 0 aliphatic heterocycles. The summed E-state index contributed by atoms with van der Waals surface area (Å²) in [6.07, 6.45) is 0.264. The lowest BCUT2D eigenvalue weighted by Gasteiger charge is -2.34. The molecule has 43 heavy (non-hydrogen) atoms. The van der Waals surface area contributed by atoms with Crippen LogP contribution in [-0.4, -0.2) is 57.5 Å². The number of methoxy groups -OCH3 is 2. The third kappa shape index (κ3) is 8.61. The van der Waals surface area contributed by atoms with Crippen molar-refractivity contribution in [2.75, 3.05) is 25.1 Å². The minimum atomic E-state index is -4.40. The Morgan fingerprint density at radius 2 is 1.56 bits per heavy atom. The molecule has 0 fully saturated rings. The number of halogens is 2. The summed E-state index contributed by atoms with van der Waals surface area (Å²) >= 11 is 6.06. The number of hydrogen-bond acceptors (Lipinski definition) is 6. The predicted molar refractivity (Wildman–Crippen MR) is 164 cm³/mol. The van der Waals surface area contributed by atoms with Crippen LogP contribution in [0.3, 0.4) is 0 Å². The van der Waals surface area contributed by atoms with E-state index < -0.39 is 39.9 Å². The minimum Gasteiger partial charge on any atom is -0.493 e. The number of nitrogens with one attached hydrogen (secondary N) is 1. The monoisotopic (exact) mass is 633 g/mol. The number of amides is 2. The second kappa shape index (κ2) is 14.1. The molecule has 3 aromatic carbocycles. The lowest BCUT2D eigenvalue weighted by atomic mass is 10.1. The topological polar surface area (TPSA) is 105 Å². The van der Waals surface area contributed by atoms with Gasteiger partial charge in [0, 0.05) is 23.2 Å². The molecule has 0 saturated carbocycles. The highest BCUT2D eigenvalue weighted by atomic mass is 35.5. The molecule has 0 aromatic heterocycles. The molecule has 12 heteroatoms. The molecular formula is C31H37ClFN3O6S.